The van der Waals surface area contributed by atoms with Gasteiger partial charge in [0.15, 0.2) is 0 Å². The van der Waals surface area contributed by atoms with Crippen LogP contribution in [0.3, 0.4) is 0 Å². The van der Waals surface area contributed by atoms with E-state index in [2.05, 4.69) is 25.8 Å². The summed E-state index contributed by atoms with van der Waals surface area (Å²) in [5.41, 5.74) is 1.57. The molecule has 1 aliphatic heterocycles. The third-order valence-electron chi connectivity index (χ3n) is 3.74. The van der Waals surface area contributed by atoms with Crippen LogP contribution in [0.4, 0.5) is 10.7 Å². The Morgan fingerprint density at radius 2 is 2.17 bits per heavy atom. The van der Waals surface area contributed by atoms with Crippen molar-refractivity contribution in [3.05, 3.63) is 36.5 Å². The molecule has 1 saturated heterocycles. The standard InChI is InChI=1S/C16H19N5O2/c1-11(14-8-5-9-23-14)18-16(22)20-15-19-13(10-17-21-15)12-6-3-2-4-7-12/h2-4,6-7,10-11,14H,5,8-9H2,1H3,(H2,18,19,20,21,22)/t11-,14+/m0/s1. The molecule has 7 nitrogen and oxygen atoms in total. The zero-order valence-electron chi connectivity index (χ0n) is 12.9. The van der Waals surface area contributed by atoms with Crippen LogP contribution in [0.15, 0.2) is 36.5 Å². The van der Waals surface area contributed by atoms with Crippen LogP contribution in [0.2, 0.25) is 0 Å². The van der Waals surface area contributed by atoms with Crippen LogP contribution >= 0.6 is 0 Å². The van der Waals surface area contributed by atoms with Crippen LogP contribution in [0.25, 0.3) is 11.3 Å². The van der Waals surface area contributed by atoms with Crippen molar-refractivity contribution in [1.29, 1.82) is 0 Å². The smallest absolute Gasteiger partial charge is 0.321 e. The van der Waals surface area contributed by atoms with E-state index >= 15 is 0 Å². The molecule has 1 aromatic carbocycles. The molecule has 0 saturated carbocycles. The Hall–Kier alpha value is -2.54. The second-order valence-electron chi connectivity index (χ2n) is 5.47. The maximum atomic E-state index is 12.0. The second-order valence-corrected chi connectivity index (χ2v) is 5.47. The van der Waals surface area contributed by atoms with Gasteiger partial charge >= 0.3 is 6.03 Å². The molecule has 1 fully saturated rings. The highest BCUT2D eigenvalue weighted by molar-refractivity contribution is 5.87. The van der Waals surface area contributed by atoms with Crippen molar-refractivity contribution in [3.63, 3.8) is 0 Å². The maximum absolute atomic E-state index is 12.0. The van der Waals surface area contributed by atoms with Crippen molar-refractivity contribution in [3.8, 4) is 11.3 Å². The van der Waals surface area contributed by atoms with Crippen molar-refractivity contribution in [2.75, 3.05) is 11.9 Å². The van der Waals surface area contributed by atoms with E-state index < -0.39 is 0 Å². The van der Waals surface area contributed by atoms with Crippen LogP contribution in [0.5, 0.6) is 0 Å². The molecule has 2 N–H and O–H groups in total. The van der Waals surface area contributed by atoms with Gasteiger partial charge in [-0.05, 0) is 19.8 Å². The van der Waals surface area contributed by atoms with Crippen molar-refractivity contribution in [2.24, 2.45) is 0 Å². The van der Waals surface area contributed by atoms with E-state index in [0.717, 1.165) is 25.0 Å². The number of carbonyl (C=O) groups is 1. The average Bonchev–Trinajstić information content (AvgIpc) is 3.10. The number of carbonyl (C=O) groups excluding carboxylic acids is 1. The van der Waals surface area contributed by atoms with Gasteiger partial charge < -0.3 is 10.1 Å². The van der Waals surface area contributed by atoms with Gasteiger partial charge in [0.25, 0.3) is 5.95 Å². The molecule has 7 heteroatoms. The first-order valence-electron chi connectivity index (χ1n) is 7.66. The van der Waals surface area contributed by atoms with Gasteiger partial charge in [0.05, 0.1) is 24.0 Å². The normalized spacial score (nSPS) is 18.4. The number of anilines is 1. The third kappa shape index (κ3) is 4.01. The van der Waals surface area contributed by atoms with E-state index in [1.807, 2.05) is 37.3 Å². The Morgan fingerprint density at radius 3 is 2.91 bits per heavy atom. The van der Waals surface area contributed by atoms with E-state index in [1.54, 1.807) is 6.20 Å². The minimum Gasteiger partial charge on any atom is -0.376 e. The number of nitrogens with one attached hydrogen (secondary N) is 2. The fourth-order valence-corrected chi connectivity index (χ4v) is 2.54. The number of ether oxygens (including phenoxy) is 1. The Kier molecular flexibility index (Phi) is 4.77. The molecule has 0 bridgehead atoms. The minimum atomic E-state index is -0.361. The van der Waals surface area contributed by atoms with Crippen molar-refractivity contribution in [2.45, 2.75) is 31.9 Å². The quantitative estimate of drug-likeness (QED) is 0.903. The van der Waals surface area contributed by atoms with E-state index in [4.69, 9.17) is 4.74 Å². The molecule has 0 spiro atoms. The van der Waals surface area contributed by atoms with Gasteiger partial charge in [-0.2, -0.15) is 5.10 Å². The minimum absolute atomic E-state index is 0.0652. The van der Waals surface area contributed by atoms with E-state index in [-0.39, 0.29) is 24.1 Å². The first kappa shape index (κ1) is 15.4. The molecule has 1 aromatic heterocycles. The lowest BCUT2D eigenvalue weighted by Crippen LogP contribution is -2.43. The number of benzene rings is 1. The fourth-order valence-electron chi connectivity index (χ4n) is 2.54. The zero-order chi connectivity index (χ0) is 16.1. The summed E-state index contributed by atoms with van der Waals surface area (Å²) in [6, 6.07) is 9.18. The lowest BCUT2D eigenvalue weighted by Gasteiger charge is -2.19. The third-order valence-corrected chi connectivity index (χ3v) is 3.74. The predicted octanol–water partition coefficient (Wildman–Crippen LogP) is 2.23. The lowest BCUT2D eigenvalue weighted by molar-refractivity contribution is 0.0868. The Bertz CT molecular complexity index is 659. The van der Waals surface area contributed by atoms with Crippen LogP contribution < -0.4 is 10.6 Å². The molecule has 2 aromatic rings. The van der Waals surface area contributed by atoms with Gasteiger partial charge in [0, 0.05) is 12.2 Å². The molecule has 120 valence electrons. The highest BCUT2D eigenvalue weighted by Crippen LogP contribution is 2.17. The summed E-state index contributed by atoms with van der Waals surface area (Å²) in [6.07, 6.45) is 3.62. The number of amides is 2. The van der Waals surface area contributed by atoms with Gasteiger partial charge in [-0.25, -0.2) is 9.78 Å². The topological polar surface area (TPSA) is 89.0 Å². The van der Waals surface area contributed by atoms with Crippen LogP contribution in [-0.4, -0.2) is 40.0 Å². The summed E-state index contributed by atoms with van der Waals surface area (Å²) in [7, 11) is 0. The van der Waals surface area contributed by atoms with Crippen molar-refractivity contribution < 1.29 is 9.53 Å². The van der Waals surface area contributed by atoms with E-state index in [1.165, 1.54) is 0 Å². The number of rotatable bonds is 4. The largest absolute Gasteiger partial charge is 0.376 e. The molecule has 2 heterocycles. The molecular weight excluding hydrogens is 294 g/mol. The number of hydrogen-bond acceptors (Lipinski definition) is 5. The lowest BCUT2D eigenvalue weighted by atomic mass is 10.1. The van der Waals surface area contributed by atoms with Gasteiger partial charge in [0.2, 0.25) is 0 Å². The molecule has 2 amide bonds. The number of urea groups is 1. The summed E-state index contributed by atoms with van der Waals surface area (Å²) < 4.78 is 5.56. The first-order chi connectivity index (χ1) is 11.2. The molecule has 1 aliphatic rings. The average molecular weight is 313 g/mol. The number of hydrogen-bond donors (Lipinski definition) is 2. The van der Waals surface area contributed by atoms with Crippen LogP contribution in [0, 0.1) is 0 Å². The second kappa shape index (κ2) is 7.15. The number of nitrogens with zero attached hydrogens (tertiary/aromatic N) is 3. The molecule has 2 atom stereocenters. The van der Waals surface area contributed by atoms with Gasteiger partial charge in [-0.3, -0.25) is 5.32 Å². The van der Waals surface area contributed by atoms with Gasteiger partial charge in [-0.1, -0.05) is 30.3 Å². The monoisotopic (exact) mass is 313 g/mol. The van der Waals surface area contributed by atoms with Crippen molar-refractivity contribution >= 4 is 12.0 Å². The summed E-state index contributed by atoms with van der Waals surface area (Å²) in [5, 5.41) is 13.2. The summed E-state index contributed by atoms with van der Waals surface area (Å²) >= 11 is 0. The zero-order valence-corrected chi connectivity index (χ0v) is 12.9. The summed E-state index contributed by atoms with van der Waals surface area (Å²) in [4.78, 5) is 16.4. The summed E-state index contributed by atoms with van der Waals surface area (Å²) in [6.45, 7) is 2.68. The molecule has 0 radical (unpaired) electrons. The predicted molar refractivity (Wildman–Crippen MR) is 85.9 cm³/mol. The molecule has 3 rings (SSSR count). The van der Waals surface area contributed by atoms with Gasteiger partial charge in [-0.15, -0.1) is 5.10 Å². The molecule has 0 aliphatic carbocycles. The number of aromatic nitrogens is 3. The summed E-state index contributed by atoms with van der Waals surface area (Å²) in [5.74, 6) is 0.170. The van der Waals surface area contributed by atoms with E-state index in [9.17, 15) is 4.79 Å². The highest BCUT2D eigenvalue weighted by Gasteiger charge is 2.23. The SMILES string of the molecule is C[C@H](NC(=O)Nc1nncc(-c2ccccc2)n1)[C@H]1CCCO1. The molecule has 0 unspecified atom stereocenters. The Morgan fingerprint density at radius 1 is 1.35 bits per heavy atom. The molecule has 23 heavy (non-hydrogen) atoms. The maximum Gasteiger partial charge on any atom is 0.321 e. The van der Waals surface area contributed by atoms with Crippen LogP contribution in [-0.2, 0) is 4.74 Å². The van der Waals surface area contributed by atoms with Crippen LogP contribution in [0.1, 0.15) is 19.8 Å². The van der Waals surface area contributed by atoms with Gasteiger partial charge in [0.1, 0.15) is 0 Å². The first-order valence-corrected chi connectivity index (χ1v) is 7.66. The highest BCUT2D eigenvalue weighted by atomic mass is 16.5. The molecular formula is C16H19N5O2. The Balaban J connectivity index is 1.62. The van der Waals surface area contributed by atoms with Crippen molar-refractivity contribution in [1.82, 2.24) is 20.5 Å². The fraction of sp³-hybridized carbons (Fsp3) is 0.375. The Labute approximate surface area is 134 Å². The van der Waals surface area contributed by atoms with E-state index in [0.29, 0.717) is 5.69 Å².